The van der Waals surface area contributed by atoms with Crippen LogP contribution in [0.2, 0.25) is 0 Å². The van der Waals surface area contributed by atoms with Gasteiger partial charge in [-0.2, -0.15) is 0 Å². The molecule has 0 radical (unpaired) electrons. The van der Waals surface area contributed by atoms with Crippen LogP contribution in [0.1, 0.15) is 12.0 Å². The van der Waals surface area contributed by atoms with Crippen molar-refractivity contribution < 1.29 is 9.90 Å². The van der Waals surface area contributed by atoms with Crippen LogP contribution in [0.4, 0.5) is 5.69 Å². The van der Waals surface area contributed by atoms with E-state index in [2.05, 4.69) is 15.9 Å². The molecule has 15 heavy (non-hydrogen) atoms. The molecule has 1 atom stereocenters. The number of anilines is 1. The van der Waals surface area contributed by atoms with E-state index in [0.717, 1.165) is 11.3 Å². The van der Waals surface area contributed by atoms with Crippen LogP contribution in [0, 0.1) is 6.92 Å². The van der Waals surface area contributed by atoms with Gasteiger partial charge in [0.2, 0.25) is 5.91 Å². The number of phenols is 1. The molecule has 0 spiro atoms. The minimum absolute atomic E-state index is 0.102. The summed E-state index contributed by atoms with van der Waals surface area (Å²) in [6.07, 6.45) is 0.523. The Labute approximate surface area is 96.8 Å². The zero-order valence-electron chi connectivity index (χ0n) is 8.40. The van der Waals surface area contributed by atoms with E-state index in [1.807, 2.05) is 13.0 Å². The van der Waals surface area contributed by atoms with E-state index in [0.29, 0.717) is 13.0 Å². The first-order valence-corrected chi connectivity index (χ1v) is 5.73. The number of nitrogens with zero attached hydrogens (tertiary/aromatic N) is 1. The number of phenolic OH excluding ortho intramolecular Hbond substituents is 1. The molecule has 3 nitrogen and oxygen atoms in total. The number of carbonyl (C=O) groups is 1. The number of aryl methyl sites for hydroxylation is 1. The van der Waals surface area contributed by atoms with E-state index in [4.69, 9.17) is 0 Å². The molecule has 4 heteroatoms. The van der Waals surface area contributed by atoms with Crippen molar-refractivity contribution in [1.29, 1.82) is 0 Å². The summed E-state index contributed by atoms with van der Waals surface area (Å²) in [6.45, 7) is 2.60. The summed E-state index contributed by atoms with van der Waals surface area (Å²) in [5.41, 5.74) is 1.81. The summed E-state index contributed by atoms with van der Waals surface area (Å²) in [6, 6.07) is 5.09. The molecule has 0 aliphatic carbocycles. The molecule has 1 fully saturated rings. The normalized spacial score (nSPS) is 21.1. The van der Waals surface area contributed by atoms with Gasteiger partial charge >= 0.3 is 0 Å². The van der Waals surface area contributed by atoms with Crippen molar-refractivity contribution in [3.05, 3.63) is 23.8 Å². The minimum Gasteiger partial charge on any atom is -0.508 e. The molecule has 80 valence electrons. The Balaban J connectivity index is 2.37. The van der Waals surface area contributed by atoms with Crippen molar-refractivity contribution in [2.45, 2.75) is 18.2 Å². The van der Waals surface area contributed by atoms with Crippen molar-refractivity contribution in [2.75, 3.05) is 11.4 Å². The number of carbonyl (C=O) groups excluding carboxylic acids is 1. The van der Waals surface area contributed by atoms with Crippen LogP contribution in [0.3, 0.4) is 0 Å². The first-order chi connectivity index (χ1) is 7.08. The maximum Gasteiger partial charge on any atom is 0.228 e. The van der Waals surface area contributed by atoms with Crippen LogP contribution in [0.15, 0.2) is 18.2 Å². The molecule has 1 aromatic rings. The molecule has 1 aromatic carbocycles. The quantitative estimate of drug-likeness (QED) is 0.795. The van der Waals surface area contributed by atoms with E-state index in [-0.39, 0.29) is 16.5 Å². The summed E-state index contributed by atoms with van der Waals surface area (Å²) >= 11 is 3.43. The fraction of sp³-hybridized carbons (Fsp3) is 0.364. The number of alkyl halides is 1. The van der Waals surface area contributed by atoms with Crippen molar-refractivity contribution >= 4 is 27.5 Å². The predicted molar refractivity (Wildman–Crippen MR) is 62.5 cm³/mol. The Morgan fingerprint density at radius 1 is 1.53 bits per heavy atom. The topological polar surface area (TPSA) is 40.5 Å². The van der Waals surface area contributed by atoms with Gasteiger partial charge in [-0.25, -0.2) is 0 Å². The summed E-state index contributed by atoms with van der Waals surface area (Å²) < 4.78 is 0. The van der Waals surface area contributed by atoms with Crippen molar-refractivity contribution in [3.63, 3.8) is 0 Å². The highest BCUT2D eigenvalue weighted by molar-refractivity contribution is 9.09. The molecule has 1 amide bonds. The highest BCUT2D eigenvalue weighted by Gasteiger charge is 2.29. The summed E-state index contributed by atoms with van der Waals surface area (Å²) in [7, 11) is 0. The summed E-state index contributed by atoms with van der Waals surface area (Å²) in [5, 5.41) is 9.40. The number of hydrogen-bond donors (Lipinski definition) is 1. The molecule has 1 unspecified atom stereocenters. The molecule has 0 aromatic heterocycles. The molecular formula is C11H12BrNO2. The summed E-state index contributed by atoms with van der Waals surface area (Å²) in [5.74, 6) is 0.298. The molecule has 2 rings (SSSR count). The van der Waals surface area contributed by atoms with Crippen molar-refractivity contribution in [1.82, 2.24) is 0 Å². The molecule has 0 saturated carbocycles. The van der Waals surface area contributed by atoms with Gasteiger partial charge in [-0.05, 0) is 18.6 Å². The maximum absolute atomic E-state index is 11.7. The van der Waals surface area contributed by atoms with E-state index in [1.54, 1.807) is 17.0 Å². The van der Waals surface area contributed by atoms with Gasteiger partial charge in [-0.15, -0.1) is 0 Å². The standard InChI is InChI=1S/C11H12BrNO2/c1-7-2-3-9(14)5-10(7)13-6-8(12)4-11(13)15/h2-3,5,8,14H,4,6H2,1H3. The van der Waals surface area contributed by atoms with Crippen LogP contribution >= 0.6 is 15.9 Å². The van der Waals surface area contributed by atoms with E-state index in [1.165, 1.54) is 0 Å². The number of halogens is 1. The maximum atomic E-state index is 11.7. The number of aromatic hydroxyl groups is 1. The minimum atomic E-state index is 0.102. The summed E-state index contributed by atoms with van der Waals surface area (Å²) in [4.78, 5) is 13.6. The Bertz CT molecular complexity index is 406. The van der Waals surface area contributed by atoms with Gasteiger partial charge in [-0.3, -0.25) is 4.79 Å². The second-order valence-electron chi connectivity index (χ2n) is 3.78. The van der Waals surface area contributed by atoms with Gasteiger partial charge in [0.05, 0.1) is 5.69 Å². The zero-order chi connectivity index (χ0) is 11.0. The first kappa shape index (κ1) is 10.5. The molecule has 1 aliphatic rings. The molecule has 1 aliphatic heterocycles. The number of benzene rings is 1. The van der Waals surface area contributed by atoms with Crippen LogP contribution in [0.5, 0.6) is 5.75 Å². The van der Waals surface area contributed by atoms with Crippen molar-refractivity contribution in [2.24, 2.45) is 0 Å². The first-order valence-electron chi connectivity index (χ1n) is 4.82. The molecule has 0 bridgehead atoms. The smallest absolute Gasteiger partial charge is 0.228 e. The fourth-order valence-electron chi connectivity index (χ4n) is 1.79. The highest BCUT2D eigenvalue weighted by atomic mass is 79.9. The van der Waals surface area contributed by atoms with Gasteiger partial charge in [0.25, 0.3) is 0 Å². The van der Waals surface area contributed by atoms with Gasteiger partial charge in [-0.1, -0.05) is 22.0 Å². The lowest BCUT2D eigenvalue weighted by molar-refractivity contribution is -0.117. The lowest BCUT2D eigenvalue weighted by Crippen LogP contribution is -2.25. The average molecular weight is 270 g/mol. The van der Waals surface area contributed by atoms with E-state index >= 15 is 0 Å². The molecule has 1 saturated heterocycles. The molecular weight excluding hydrogens is 258 g/mol. The Kier molecular flexibility index (Phi) is 2.69. The van der Waals surface area contributed by atoms with Gasteiger partial charge in [0.15, 0.2) is 0 Å². The Morgan fingerprint density at radius 2 is 2.27 bits per heavy atom. The van der Waals surface area contributed by atoms with Crippen LogP contribution < -0.4 is 4.90 Å². The number of hydrogen-bond acceptors (Lipinski definition) is 2. The zero-order valence-corrected chi connectivity index (χ0v) is 9.99. The van der Waals surface area contributed by atoms with E-state index in [9.17, 15) is 9.90 Å². The number of rotatable bonds is 1. The third kappa shape index (κ3) is 2.00. The fourth-order valence-corrected chi connectivity index (χ4v) is 2.35. The molecule has 1 N–H and O–H groups in total. The Morgan fingerprint density at radius 3 is 2.87 bits per heavy atom. The van der Waals surface area contributed by atoms with Gasteiger partial charge in [0.1, 0.15) is 5.75 Å². The van der Waals surface area contributed by atoms with Crippen LogP contribution in [-0.4, -0.2) is 22.4 Å². The second kappa shape index (κ2) is 3.85. The monoisotopic (exact) mass is 269 g/mol. The second-order valence-corrected chi connectivity index (χ2v) is 5.07. The van der Waals surface area contributed by atoms with Crippen LogP contribution in [0.25, 0.3) is 0 Å². The van der Waals surface area contributed by atoms with E-state index < -0.39 is 0 Å². The number of amides is 1. The van der Waals surface area contributed by atoms with Gasteiger partial charge < -0.3 is 10.0 Å². The largest absolute Gasteiger partial charge is 0.508 e. The highest BCUT2D eigenvalue weighted by Crippen LogP contribution is 2.30. The lowest BCUT2D eigenvalue weighted by atomic mass is 10.2. The van der Waals surface area contributed by atoms with Crippen molar-refractivity contribution in [3.8, 4) is 5.75 Å². The SMILES string of the molecule is Cc1ccc(O)cc1N1CC(Br)CC1=O. The van der Waals surface area contributed by atoms with Crippen LogP contribution in [-0.2, 0) is 4.79 Å². The predicted octanol–water partition coefficient (Wildman–Crippen LogP) is 2.20. The third-order valence-corrected chi connectivity index (χ3v) is 3.17. The lowest BCUT2D eigenvalue weighted by Gasteiger charge is -2.18. The third-order valence-electron chi connectivity index (χ3n) is 2.56. The molecule has 1 heterocycles. The Hall–Kier alpha value is -1.03. The average Bonchev–Trinajstić information content (AvgIpc) is 2.50. The van der Waals surface area contributed by atoms with Gasteiger partial charge in [0, 0.05) is 23.9 Å².